The molecule has 1 aliphatic rings. The molecule has 1 aromatic heterocycles. The first kappa shape index (κ1) is 16.8. The number of hydrogen-bond acceptors (Lipinski definition) is 1. The molecule has 1 unspecified atom stereocenters. The number of rotatable bonds is 3. The van der Waals surface area contributed by atoms with Crippen molar-refractivity contribution in [2.75, 3.05) is 0 Å². The van der Waals surface area contributed by atoms with Crippen LogP contribution in [0.3, 0.4) is 0 Å². The van der Waals surface area contributed by atoms with Gasteiger partial charge in [0.1, 0.15) is 5.82 Å². The summed E-state index contributed by atoms with van der Waals surface area (Å²) in [7, 11) is 0. The number of nitrogens with one attached hydrogen (secondary N) is 1. The minimum atomic E-state index is 0.0254. The van der Waals surface area contributed by atoms with Gasteiger partial charge in [0.25, 0.3) is 0 Å². The lowest BCUT2D eigenvalue weighted by Gasteiger charge is -2.14. The number of aryl methyl sites for hydroxylation is 2. The van der Waals surface area contributed by atoms with E-state index in [1.165, 1.54) is 22.3 Å². The molecule has 1 atom stereocenters. The largest absolute Gasteiger partial charge is 0.338 e. The molecule has 2 aromatic carbocycles. The lowest BCUT2D eigenvalue weighted by molar-refractivity contribution is 0.481. The number of halogens is 1. The topological polar surface area (TPSA) is 28.7 Å². The molecular formula is C23H23FN2. The van der Waals surface area contributed by atoms with Gasteiger partial charge >= 0.3 is 0 Å². The number of fused-ring (bicyclic) bond motifs is 1. The van der Waals surface area contributed by atoms with Gasteiger partial charge in [-0.05, 0) is 79.5 Å². The van der Waals surface area contributed by atoms with E-state index in [2.05, 4.69) is 61.3 Å². The summed E-state index contributed by atoms with van der Waals surface area (Å²) >= 11 is 0. The summed E-state index contributed by atoms with van der Waals surface area (Å²) in [5.41, 5.74) is 7.04. The minimum absolute atomic E-state index is 0.0254. The van der Waals surface area contributed by atoms with Gasteiger partial charge in [-0.15, -0.1) is 0 Å². The third kappa shape index (κ3) is 3.34. The average Bonchev–Trinajstić information content (AvgIpc) is 3.03. The molecule has 132 valence electrons. The molecule has 26 heavy (non-hydrogen) atoms. The molecule has 1 aliphatic carbocycles. The first-order valence-electron chi connectivity index (χ1n) is 9.19. The van der Waals surface area contributed by atoms with E-state index in [0.717, 1.165) is 29.7 Å². The summed E-state index contributed by atoms with van der Waals surface area (Å²) < 4.78 is 13.1. The Morgan fingerprint density at radius 2 is 1.96 bits per heavy atom. The Hall–Kier alpha value is -2.68. The number of hydrogen-bond donors (Lipinski definition) is 1. The highest BCUT2D eigenvalue weighted by Gasteiger charge is 2.12. The summed E-state index contributed by atoms with van der Waals surface area (Å²) in [5, 5.41) is 0. The van der Waals surface area contributed by atoms with Gasteiger partial charge in [0, 0.05) is 0 Å². The number of imidazole rings is 1. The van der Waals surface area contributed by atoms with Gasteiger partial charge in [-0.2, -0.15) is 0 Å². The molecule has 2 nitrogen and oxygen atoms in total. The van der Waals surface area contributed by atoms with Crippen LogP contribution in [0, 0.1) is 19.8 Å². The van der Waals surface area contributed by atoms with Crippen LogP contribution in [0.5, 0.6) is 0 Å². The van der Waals surface area contributed by atoms with Crippen molar-refractivity contribution in [1.29, 1.82) is 0 Å². The number of aromatic amines is 1. The van der Waals surface area contributed by atoms with Crippen LogP contribution in [0.15, 0.2) is 54.4 Å². The summed E-state index contributed by atoms with van der Waals surface area (Å²) in [6, 6.07) is 12.8. The predicted octanol–water partition coefficient (Wildman–Crippen LogP) is 6.51. The normalized spacial score (nSPS) is 17.8. The van der Waals surface area contributed by atoms with E-state index in [4.69, 9.17) is 4.98 Å². The molecule has 3 heteroatoms. The molecule has 4 rings (SSSR count). The quantitative estimate of drug-likeness (QED) is 0.575. The standard InChI is InChI=1S/C23H23FN2/c1-15-4-3-5-16(2)23(15)18-9-12-20-21(14-18)26-22(25-20)13-8-17-6-10-19(24)11-7-17/h3-5,8-10,12-14,17H,6-7,11H2,1-2H3,(H,25,26)/b13-8+. The Kier molecular flexibility index (Phi) is 4.46. The Balaban J connectivity index is 1.62. The van der Waals surface area contributed by atoms with Crippen molar-refractivity contribution in [3.05, 3.63) is 71.3 Å². The van der Waals surface area contributed by atoms with Crippen molar-refractivity contribution < 1.29 is 4.39 Å². The van der Waals surface area contributed by atoms with Crippen LogP contribution in [0.4, 0.5) is 4.39 Å². The van der Waals surface area contributed by atoms with E-state index in [9.17, 15) is 4.39 Å². The summed E-state index contributed by atoms with van der Waals surface area (Å²) in [6.45, 7) is 4.29. The van der Waals surface area contributed by atoms with Gasteiger partial charge in [0.2, 0.25) is 0 Å². The van der Waals surface area contributed by atoms with E-state index in [1.807, 2.05) is 6.08 Å². The van der Waals surface area contributed by atoms with Gasteiger partial charge in [0.05, 0.1) is 16.9 Å². The highest BCUT2D eigenvalue weighted by Crippen LogP contribution is 2.30. The lowest BCUT2D eigenvalue weighted by atomic mass is 9.93. The summed E-state index contributed by atoms with van der Waals surface area (Å²) in [5.74, 6) is 1.28. The zero-order valence-corrected chi connectivity index (χ0v) is 15.2. The molecule has 0 fully saturated rings. The maximum Gasteiger partial charge on any atom is 0.130 e. The first-order chi connectivity index (χ1) is 12.6. The highest BCUT2D eigenvalue weighted by molar-refractivity contribution is 5.84. The fraction of sp³-hybridized carbons (Fsp3) is 0.261. The number of benzene rings is 2. The number of H-pyrrole nitrogens is 1. The third-order valence-corrected chi connectivity index (χ3v) is 5.19. The van der Waals surface area contributed by atoms with Gasteiger partial charge in [-0.1, -0.05) is 36.4 Å². The Bertz CT molecular complexity index is 990. The van der Waals surface area contributed by atoms with Crippen molar-refractivity contribution in [2.24, 2.45) is 5.92 Å². The van der Waals surface area contributed by atoms with Crippen molar-refractivity contribution in [3.8, 4) is 11.1 Å². The van der Waals surface area contributed by atoms with Gasteiger partial charge < -0.3 is 4.98 Å². The molecule has 1 heterocycles. The van der Waals surface area contributed by atoms with Gasteiger partial charge in [-0.25, -0.2) is 9.37 Å². The second-order valence-corrected chi connectivity index (χ2v) is 7.17. The van der Waals surface area contributed by atoms with Crippen LogP contribution in [-0.2, 0) is 0 Å². The van der Waals surface area contributed by atoms with Crippen LogP contribution >= 0.6 is 0 Å². The maximum atomic E-state index is 13.1. The molecule has 0 saturated carbocycles. The fourth-order valence-electron chi connectivity index (χ4n) is 3.75. The predicted molar refractivity (Wildman–Crippen MR) is 107 cm³/mol. The first-order valence-corrected chi connectivity index (χ1v) is 9.19. The van der Waals surface area contributed by atoms with Crippen LogP contribution < -0.4 is 0 Å². The van der Waals surface area contributed by atoms with E-state index in [1.54, 1.807) is 6.08 Å². The van der Waals surface area contributed by atoms with Crippen LogP contribution in [0.2, 0.25) is 0 Å². The Labute approximate surface area is 153 Å². The second-order valence-electron chi connectivity index (χ2n) is 7.17. The number of nitrogens with zero attached hydrogens (tertiary/aromatic N) is 1. The van der Waals surface area contributed by atoms with E-state index >= 15 is 0 Å². The average molecular weight is 346 g/mol. The highest BCUT2D eigenvalue weighted by atomic mass is 19.1. The Morgan fingerprint density at radius 1 is 1.15 bits per heavy atom. The Morgan fingerprint density at radius 3 is 2.69 bits per heavy atom. The van der Waals surface area contributed by atoms with Crippen LogP contribution in [0.1, 0.15) is 36.2 Å². The van der Waals surface area contributed by atoms with E-state index in [0.29, 0.717) is 12.3 Å². The van der Waals surface area contributed by atoms with E-state index < -0.39 is 0 Å². The molecule has 1 N–H and O–H groups in total. The zero-order chi connectivity index (χ0) is 18.1. The van der Waals surface area contributed by atoms with Crippen molar-refractivity contribution in [1.82, 2.24) is 9.97 Å². The second kappa shape index (κ2) is 6.91. The fourth-order valence-corrected chi connectivity index (χ4v) is 3.75. The number of allylic oxidation sites excluding steroid dienone is 3. The summed E-state index contributed by atoms with van der Waals surface area (Å²) in [4.78, 5) is 8.09. The SMILES string of the molecule is Cc1cccc(C)c1-c1ccc2[nH]c(/C=C/C3CC=C(F)CC3)nc2c1. The summed E-state index contributed by atoms with van der Waals surface area (Å²) in [6.07, 6.45) is 8.07. The van der Waals surface area contributed by atoms with Gasteiger partial charge in [0.15, 0.2) is 0 Å². The van der Waals surface area contributed by atoms with Crippen LogP contribution in [-0.4, -0.2) is 9.97 Å². The van der Waals surface area contributed by atoms with Crippen molar-refractivity contribution >= 4 is 17.1 Å². The van der Waals surface area contributed by atoms with Gasteiger partial charge in [-0.3, -0.25) is 0 Å². The maximum absolute atomic E-state index is 13.1. The van der Waals surface area contributed by atoms with Crippen molar-refractivity contribution in [2.45, 2.75) is 33.1 Å². The molecule has 0 bridgehead atoms. The molecule has 3 aromatic rings. The molecule has 0 radical (unpaired) electrons. The van der Waals surface area contributed by atoms with Crippen LogP contribution in [0.25, 0.3) is 28.2 Å². The molecule has 0 amide bonds. The molecule has 0 spiro atoms. The molecule has 0 saturated heterocycles. The van der Waals surface area contributed by atoms with Crippen molar-refractivity contribution in [3.63, 3.8) is 0 Å². The lowest BCUT2D eigenvalue weighted by Crippen LogP contribution is -2.00. The minimum Gasteiger partial charge on any atom is -0.338 e. The zero-order valence-electron chi connectivity index (χ0n) is 15.2. The number of aromatic nitrogens is 2. The smallest absolute Gasteiger partial charge is 0.130 e. The monoisotopic (exact) mass is 346 g/mol. The molecule has 0 aliphatic heterocycles. The van der Waals surface area contributed by atoms with E-state index in [-0.39, 0.29) is 5.83 Å². The third-order valence-electron chi connectivity index (χ3n) is 5.19. The molecular weight excluding hydrogens is 323 g/mol.